The van der Waals surface area contributed by atoms with Crippen LogP contribution < -0.4 is 61.8 Å². The molecule has 0 aromatic rings. The van der Waals surface area contributed by atoms with E-state index in [1.807, 2.05) is 5.32 Å². The Morgan fingerprint density at radius 1 is 1.25 bits per heavy atom. The Kier molecular flexibility index (Phi) is 8.28. The summed E-state index contributed by atoms with van der Waals surface area (Å²) in [5.74, 6) is -3.37. The molecule has 0 bridgehead atoms. The number of nitrogens with one attached hydrogen (secondary N) is 1. The minimum atomic E-state index is -1.78. The first-order chi connectivity index (χ1) is 6.82. The molecule has 0 aliphatic rings. The molecule has 0 aliphatic heterocycles. The summed E-state index contributed by atoms with van der Waals surface area (Å²) in [7, 11) is 2.05. The quantitative estimate of drug-likeness (QED) is 0.233. The predicted molar refractivity (Wildman–Crippen MR) is 43.2 cm³/mol. The predicted octanol–water partition coefficient (Wildman–Crippen LogP) is -4.70. The Balaban J connectivity index is 0. The van der Waals surface area contributed by atoms with Gasteiger partial charge in [0.2, 0.25) is 0 Å². The van der Waals surface area contributed by atoms with Crippen molar-refractivity contribution in [2.75, 3.05) is 14.1 Å². The topological polar surface area (TPSA) is 142 Å². The molecule has 84 valence electrons. The molecule has 0 aromatic carbocycles. The molecule has 16 heavy (non-hydrogen) atoms. The summed E-state index contributed by atoms with van der Waals surface area (Å²) in [6, 6.07) is -0.985. The third-order valence-electron chi connectivity index (χ3n) is 1.36. The number of urea groups is 1. The molecule has 0 radical (unpaired) electrons. The number of carbonyl (C=O) groups is 1. The van der Waals surface area contributed by atoms with Crippen LogP contribution in [0.25, 0.3) is 0 Å². The van der Waals surface area contributed by atoms with Gasteiger partial charge in [0.15, 0.2) is 0 Å². The van der Waals surface area contributed by atoms with Crippen molar-refractivity contribution < 1.29 is 71.1 Å². The van der Waals surface area contributed by atoms with Gasteiger partial charge in [0.1, 0.15) is 15.7 Å². The molecule has 0 saturated heterocycles. The third-order valence-corrected chi connectivity index (χ3v) is 1.36. The van der Waals surface area contributed by atoms with Crippen molar-refractivity contribution in [2.24, 2.45) is 0 Å². The van der Waals surface area contributed by atoms with E-state index >= 15 is 0 Å². The van der Waals surface area contributed by atoms with Crippen LogP contribution in [0.1, 0.15) is 0 Å². The standard InChI is InChI=1S/C5H8N4O6.K/c1-6-5(11)7(2)4(10)3(8(12)13)9(14)15;/h10H,1-2H3,(H,6,11);/q;+1/p-1. The van der Waals surface area contributed by atoms with Crippen LogP contribution in [0.15, 0.2) is 11.7 Å². The number of hydrogen-bond acceptors (Lipinski definition) is 6. The van der Waals surface area contributed by atoms with Crippen LogP contribution in [0.3, 0.4) is 0 Å². The molecule has 0 atom stereocenters. The molecule has 10 nitrogen and oxygen atoms in total. The van der Waals surface area contributed by atoms with E-state index in [-0.39, 0.29) is 56.3 Å². The first-order valence-corrected chi connectivity index (χ1v) is 3.48. The maximum atomic E-state index is 11.1. The Hall–Kier alpha value is -0.754. The van der Waals surface area contributed by atoms with Gasteiger partial charge in [-0.2, -0.15) is 0 Å². The zero-order chi connectivity index (χ0) is 12.2. The van der Waals surface area contributed by atoms with E-state index in [2.05, 4.69) is 0 Å². The van der Waals surface area contributed by atoms with Crippen molar-refractivity contribution in [1.29, 1.82) is 0 Å². The van der Waals surface area contributed by atoms with Crippen molar-refractivity contribution in [1.82, 2.24) is 10.2 Å². The summed E-state index contributed by atoms with van der Waals surface area (Å²) in [5.41, 5.74) is 0. The summed E-state index contributed by atoms with van der Waals surface area (Å²) in [5, 5.41) is 33.3. The molecule has 0 saturated carbocycles. The number of carbonyl (C=O) groups excluding carboxylic acids is 1. The second-order valence-corrected chi connectivity index (χ2v) is 2.26. The van der Waals surface area contributed by atoms with Gasteiger partial charge >= 0.3 is 63.2 Å². The Labute approximate surface area is 132 Å². The summed E-state index contributed by atoms with van der Waals surface area (Å²) in [4.78, 5) is 28.5. The molecular weight excluding hydrogens is 251 g/mol. The summed E-state index contributed by atoms with van der Waals surface area (Å²) in [6.45, 7) is 0. The summed E-state index contributed by atoms with van der Waals surface area (Å²) in [6.07, 6.45) is 0. The van der Waals surface area contributed by atoms with E-state index in [4.69, 9.17) is 0 Å². The molecule has 0 fully saturated rings. The van der Waals surface area contributed by atoms with Gasteiger partial charge in [0.05, 0.1) is 0 Å². The molecule has 0 aromatic heterocycles. The molecule has 0 aliphatic carbocycles. The van der Waals surface area contributed by atoms with Gasteiger partial charge in [-0.1, -0.05) is 0 Å². The number of nitrogens with zero attached hydrogens (tertiary/aromatic N) is 3. The van der Waals surface area contributed by atoms with E-state index in [1.165, 1.54) is 7.05 Å². The average Bonchev–Trinajstić information content (AvgIpc) is 2.14. The van der Waals surface area contributed by atoms with Crippen LogP contribution in [0, 0.1) is 20.2 Å². The SMILES string of the molecule is CNC(=O)N(C)C([O-])=C([N+](=O)[O-])[N+](=O)[O-].[K+]. The zero-order valence-electron chi connectivity index (χ0n) is 8.79. The molecule has 0 spiro atoms. The molecule has 0 rings (SSSR count). The Bertz CT molecular complexity index is 326. The minimum Gasteiger partial charge on any atom is -0.850 e. The first kappa shape index (κ1) is 17.6. The minimum absolute atomic E-state index is 0. The van der Waals surface area contributed by atoms with Crippen LogP contribution in [0.4, 0.5) is 4.79 Å². The maximum absolute atomic E-state index is 11.1. The van der Waals surface area contributed by atoms with Crippen LogP contribution in [0.2, 0.25) is 0 Å². The van der Waals surface area contributed by atoms with Gasteiger partial charge in [-0.05, 0) is 0 Å². The largest absolute Gasteiger partial charge is 1.00 e. The number of hydrogen-bond donors (Lipinski definition) is 1. The van der Waals surface area contributed by atoms with E-state index < -0.39 is 27.6 Å². The second kappa shape index (κ2) is 7.51. The Morgan fingerprint density at radius 2 is 1.62 bits per heavy atom. The van der Waals surface area contributed by atoms with Crippen LogP contribution >= 0.6 is 0 Å². The molecular formula is C5H7KN4O6. The maximum Gasteiger partial charge on any atom is 1.00 e. The van der Waals surface area contributed by atoms with Crippen molar-refractivity contribution >= 4 is 6.03 Å². The molecule has 2 amide bonds. The fraction of sp³-hybridized carbons (Fsp3) is 0.400. The number of nitro groups is 2. The van der Waals surface area contributed by atoms with Gasteiger partial charge in [-0.3, -0.25) is 25.1 Å². The van der Waals surface area contributed by atoms with Crippen molar-refractivity contribution in [3.05, 3.63) is 31.9 Å². The third kappa shape index (κ3) is 4.40. The monoisotopic (exact) mass is 258 g/mol. The average molecular weight is 258 g/mol. The fourth-order valence-electron chi connectivity index (χ4n) is 0.633. The molecule has 0 unspecified atom stereocenters. The van der Waals surface area contributed by atoms with Crippen molar-refractivity contribution in [3.8, 4) is 0 Å². The summed E-state index contributed by atoms with van der Waals surface area (Å²) >= 11 is 0. The van der Waals surface area contributed by atoms with Gasteiger partial charge in [-0.15, -0.1) is 0 Å². The van der Waals surface area contributed by atoms with E-state index in [0.29, 0.717) is 0 Å². The van der Waals surface area contributed by atoms with Crippen LogP contribution in [0.5, 0.6) is 0 Å². The van der Waals surface area contributed by atoms with Crippen LogP contribution in [-0.4, -0.2) is 34.9 Å². The van der Waals surface area contributed by atoms with E-state index in [9.17, 15) is 30.1 Å². The smallest absolute Gasteiger partial charge is 0.850 e. The molecule has 11 heteroatoms. The van der Waals surface area contributed by atoms with Crippen LogP contribution in [-0.2, 0) is 0 Å². The van der Waals surface area contributed by atoms with Gasteiger partial charge < -0.3 is 10.4 Å². The number of rotatable bonds is 3. The van der Waals surface area contributed by atoms with Gasteiger partial charge in [0.25, 0.3) is 0 Å². The molecule has 0 heterocycles. The number of amides is 2. The normalized spacial score (nSPS) is 8.38. The zero-order valence-corrected chi connectivity index (χ0v) is 11.9. The molecule has 1 N–H and O–H groups in total. The first-order valence-electron chi connectivity index (χ1n) is 3.48. The van der Waals surface area contributed by atoms with Crippen molar-refractivity contribution in [3.63, 3.8) is 0 Å². The van der Waals surface area contributed by atoms with Gasteiger partial charge in [0, 0.05) is 14.1 Å². The van der Waals surface area contributed by atoms with E-state index in [0.717, 1.165) is 7.05 Å². The van der Waals surface area contributed by atoms with Gasteiger partial charge in [-0.25, -0.2) is 4.79 Å². The second-order valence-electron chi connectivity index (χ2n) is 2.26. The fourth-order valence-corrected chi connectivity index (χ4v) is 0.633. The Morgan fingerprint density at radius 3 is 1.88 bits per heavy atom. The summed E-state index contributed by atoms with van der Waals surface area (Å²) < 4.78 is 0. The van der Waals surface area contributed by atoms with Crippen molar-refractivity contribution in [2.45, 2.75) is 0 Å². The van der Waals surface area contributed by atoms with E-state index in [1.54, 1.807) is 0 Å².